The van der Waals surface area contributed by atoms with Crippen molar-refractivity contribution in [2.24, 2.45) is 0 Å². The van der Waals surface area contributed by atoms with E-state index < -0.39 is 11.4 Å². The van der Waals surface area contributed by atoms with Crippen LogP contribution in [0.5, 0.6) is 0 Å². The van der Waals surface area contributed by atoms with Crippen molar-refractivity contribution >= 4 is 22.9 Å². The topological polar surface area (TPSA) is 73.8 Å². The standard InChI is InChI=1S/C14H20N4OS2/c1-9-8-11(6-7-15-9)12-16-13(20-17-12)10(2)18-21(19)14(3,4)5/h6-8,10,18H,1-5H3/t10-,21+/m1/s1. The molecule has 0 aromatic carbocycles. The maximum absolute atomic E-state index is 12.1. The van der Waals surface area contributed by atoms with Crippen LogP contribution in [0, 0.1) is 6.92 Å². The quantitative estimate of drug-likeness (QED) is 0.875. The highest BCUT2D eigenvalue weighted by molar-refractivity contribution is 7.90. The van der Waals surface area contributed by atoms with Gasteiger partial charge in [0.05, 0.1) is 0 Å². The second-order valence-corrected chi connectivity index (χ2v) is 8.64. The van der Waals surface area contributed by atoms with E-state index in [1.54, 1.807) is 6.20 Å². The maximum Gasteiger partial charge on any atom is 0.173 e. The zero-order valence-electron chi connectivity index (χ0n) is 12.9. The second-order valence-electron chi connectivity index (χ2n) is 5.86. The largest absolute Gasteiger partial charge is 0.598 e. The van der Waals surface area contributed by atoms with E-state index in [0.717, 1.165) is 16.3 Å². The van der Waals surface area contributed by atoms with Gasteiger partial charge in [0.2, 0.25) is 0 Å². The summed E-state index contributed by atoms with van der Waals surface area (Å²) in [5.41, 5.74) is 1.89. The van der Waals surface area contributed by atoms with Crippen LogP contribution >= 0.6 is 11.5 Å². The number of nitrogens with zero attached hydrogens (tertiary/aromatic N) is 3. The molecule has 0 radical (unpaired) electrons. The van der Waals surface area contributed by atoms with Crippen molar-refractivity contribution in [3.8, 4) is 11.4 Å². The number of hydrogen-bond donors (Lipinski definition) is 1. The molecule has 21 heavy (non-hydrogen) atoms. The Labute approximate surface area is 132 Å². The van der Waals surface area contributed by atoms with Crippen LogP contribution in [0.15, 0.2) is 18.3 Å². The molecule has 2 aromatic rings. The third kappa shape index (κ3) is 4.23. The zero-order chi connectivity index (χ0) is 15.6. The van der Waals surface area contributed by atoms with E-state index in [1.165, 1.54) is 11.5 Å². The van der Waals surface area contributed by atoms with E-state index in [1.807, 2.05) is 46.8 Å². The molecule has 2 aromatic heterocycles. The van der Waals surface area contributed by atoms with Crippen LogP contribution in [-0.2, 0) is 11.4 Å². The van der Waals surface area contributed by atoms with Gasteiger partial charge in [-0.15, -0.1) is 4.72 Å². The lowest BCUT2D eigenvalue weighted by molar-refractivity contribution is 0.531. The van der Waals surface area contributed by atoms with Gasteiger partial charge < -0.3 is 4.55 Å². The van der Waals surface area contributed by atoms with Crippen LogP contribution < -0.4 is 4.72 Å². The fraction of sp³-hybridized carbons (Fsp3) is 0.500. The molecule has 0 saturated heterocycles. The predicted octanol–water partition coefficient (Wildman–Crippen LogP) is 3.02. The van der Waals surface area contributed by atoms with Gasteiger partial charge in [0.15, 0.2) is 5.82 Å². The van der Waals surface area contributed by atoms with E-state index in [0.29, 0.717) is 5.82 Å². The Morgan fingerprint density at radius 1 is 1.38 bits per heavy atom. The van der Waals surface area contributed by atoms with Crippen molar-refractivity contribution in [3.05, 3.63) is 29.0 Å². The summed E-state index contributed by atoms with van der Waals surface area (Å²) in [6, 6.07) is 3.75. The Morgan fingerprint density at radius 2 is 2.10 bits per heavy atom. The Kier molecular flexibility index (Phi) is 4.98. The van der Waals surface area contributed by atoms with Gasteiger partial charge in [-0.25, -0.2) is 4.98 Å². The molecule has 0 fully saturated rings. The summed E-state index contributed by atoms with van der Waals surface area (Å²) in [5.74, 6) is 0.690. The number of aromatic nitrogens is 3. The van der Waals surface area contributed by atoms with Crippen LogP contribution in [0.3, 0.4) is 0 Å². The Morgan fingerprint density at radius 3 is 2.71 bits per heavy atom. The normalized spacial score (nSPS) is 15.0. The minimum atomic E-state index is -1.13. The van der Waals surface area contributed by atoms with Gasteiger partial charge in [0.25, 0.3) is 0 Å². The van der Waals surface area contributed by atoms with E-state index in [9.17, 15) is 4.55 Å². The zero-order valence-corrected chi connectivity index (χ0v) is 14.5. The highest BCUT2D eigenvalue weighted by Crippen LogP contribution is 2.24. The average molecular weight is 324 g/mol. The Hall–Kier alpha value is -1.02. The molecule has 114 valence electrons. The summed E-state index contributed by atoms with van der Waals surface area (Å²) in [5, 5.41) is 0.831. The molecule has 2 rings (SSSR count). The summed E-state index contributed by atoms with van der Waals surface area (Å²) < 4.78 is 19.3. The first kappa shape index (κ1) is 16.4. The van der Waals surface area contributed by atoms with Gasteiger partial charge in [-0.3, -0.25) is 4.98 Å². The molecular formula is C14H20N4OS2. The first-order chi connectivity index (χ1) is 9.77. The van der Waals surface area contributed by atoms with Crippen molar-refractivity contribution in [3.63, 3.8) is 0 Å². The monoisotopic (exact) mass is 324 g/mol. The Bertz CT molecular complexity index is 609. The van der Waals surface area contributed by atoms with Crippen LogP contribution in [0.2, 0.25) is 0 Å². The third-order valence-electron chi connectivity index (χ3n) is 2.81. The molecular weight excluding hydrogens is 304 g/mol. The molecule has 0 saturated carbocycles. The highest BCUT2D eigenvalue weighted by Gasteiger charge is 2.29. The fourth-order valence-corrected chi connectivity index (χ4v) is 3.13. The minimum Gasteiger partial charge on any atom is -0.598 e. The molecule has 2 atom stereocenters. The van der Waals surface area contributed by atoms with E-state index in [4.69, 9.17) is 0 Å². The third-order valence-corrected chi connectivity index (χ3v) is 5.38. The number of nitrogens with one attached hydrogen (secondary N) is 1. The SMILES string of the molecule is Cc1cc(-c2nsc([C@@H](C)N[S@@+]([O-])C(C)(C)C)n2)ccn1. The first-order valence-corrected chi connectivity index (χ1v) is 8.64. The van der Waals surface area contributed by atoms with Gasteiger partial charge >= 0.3 is 0 Å². The summed E-state index contributed by atoms with van der Waals surface area (Å²) in [4.78, 5) is 8.71. The van der Waals surface area contributed by atoms with Crippen LogP contribution in [0.1, 0.15) is 44.4 Å². The Balaban J connectivity index is 2.13. The van der Waals surface area contributed by atoms with Crippen molar-refractivity contribution < 1.29 is 4.55 Å². The molecule has 5 nitrogen and oxygen atoms in total. The molecule has 7 heteroatoms. The molecule has 0 unspecified atom stereocenters. The lowest BCUT2D eigenvalue weighted by Gasteiger charge is -2.25. The minimum absolute atomic E-state index is 0.0979. The number of hydrogen-bond acceptors (Lipinski definition) is 6. The maximum atomic E-state index is 12.1. The number of rotatable bonds is 4. The highest BCUT2D eigenvalue weighted by atomic mass is 32.2. The van der Waals surface area contributed by atoms with Crippen molar-refractivity contribution in [2.75, 3.05) is 0 Å². The molecule has 2 heterocycles. The lowest BCUT2D eigenvalue weighted by atomic mass is 10.2. The summed E-state index contributed by atoms with van der Waals surface area (Å²) in [6.45, 7) is 9.70. The van der Waals surface area contributed by atoms with Crippen LogP contribution in [0.4, 0.5) is 0 Å². The van der Waals surface area contributed by atoms with E-state index in [2.05, 4.69) is 19.1 Å². The van der Waals surface area contributed by atoms with Crippen molar-refractivity contribution in [1.29, 1.82) is 0 Å². The fourth-order valence-electron chi connectivity index (χ4n) is 1.60. The lowest BCUT2D eigenvalue weighted by Crippen LogP contribution is -2.40. The van der Waals surface area contributed by atoms with Gasteiger partial charge in [-0.2, -0.15) is 4.37 Å². The first-order valence-electron chi connectivity index (χ1n) is 6.72. The number of pyridine rings is 1. The van der Waals surface area contributed by atoms with E-state index in [-0.39, 0.29) is 10.8 Å². The predicted molar refractivity (Wildman–Crippen MR) is 87.3 cm³/mol. The summed E-state index contributed by atoms with van der Waals surface area (Å²) >= 11 is 0.205. The van der Waals surface area contributed by atoms with Gasteiger partial charge in [0, 0.05) is 28.8 Å². The summed E-state index contributed by atoms with van der Waals surface area (Å²) in [6.07, 6.45) is 1.75. The van der Waals surface area contributed by atoms with Crippen molar-refractivity contribution in [1.82, 2.24) is 19.1 Å². The summed E-state index contributed by atoms with van der Waals surface area (Å²) in [7, 11) is 0. The van der Waals surface area contributed by atoms with Crippen molar-refractivity contribution in [2.45, 2.75) is 45.4 Å². The van der Waals surface area contributed by atoms with Gasteiger partial charge in [0.1, 0.15) is 15.8 Å². The average Bonchev–Trinajstić information content (AvgIpc) is 2.87. The number of aryl methyl sites for hydroxylation is 1. The second kappa shape index (κ2) is 6.39. The van der Waals surface area contributed by atoms with Gasteiger partial charge in [-0.05, 0) is 58.3 Å². The molecule has 0 spiro atoms. The van der Waals surface area contributed by atoms with Crippen LogP contribution in [-0.4, -0.2) is 23.6 Å². The molecule has 1 N–H and O–H groups in total. The molecule has 0 aliphatic rings. The van der Waals surface area contributed by atoms with E-state index >= 15 is 0 Å². The smallest absolute Gasteiger partial charge is 0.173 e. The van der Waals surface area contributed by atoms with Gasteiger partial charge in [-0.1, -0.05) is 0 Å². The molecule has 0 aliphatic carbocycles. The molecule has 0 aliphatic heterocycles. The molecule has 0 bridgehead atoms. The van der Waals surface area contributed by atoms with Crippen LogP contribution in [0.25, 0.3) is 11.4 Å². The molecule has 0 amide bonds.